The van der Waals surface area contributed by atoms with E-state index in [4.69, 9.17) is 16.3 Å². The van der Waals surface area contributed by atoms with Crippen LogP contribution in [0.1, 0.15) is 61.1 Å². The Morgan fingerprint density at radius 2 is 2.10 bits per heavy atom. The van der Waals surface area contributed by atoms with E-state index in [-0.39, 0.29) is 18.1 Å². The number of aromatic amines is 1. The number of hydrogen-bond donors (Lipinski definition) is 1. The summed E-state index contributed by atoms with van der Waals surface area (Å²) in [6.07, 6.45) is 9.11. The molecule has 1 saturated heterocycles. The third-order valence-corrected chi connectivity index (χ3v) is 7.91. The Hall–Kier alpha value is -3.42. The molecule has 0 bridgehead atoms. The second kappa shape index (κ2) is 12.2. The molecule has 3 heterocycles. The number of piperidine rings is 1. The van der Waals surface area contributed by atoms with Gasteiger partial charge in [0.1, 0.15) is 12.4 Å². The summed E-state index contributed by atoms with van der Waals surface area (Å²) < 4.78 is 6.04. The number of ether oxygens (including phenoxy) is 1. The molecular weight excluding hydrogens is 512 g/mol. The van der Waals surface area contributed by atoms with Gasteiger partial charge in [-0.1, -0.05) is 35.9 Å². The average molecular weight is 547 g/mol. The molecule has 0 saturated carbocycles. The summed E-state index contributed by atoms with van der Waals surface area (Å²) in [4.78, 5) is 36.5. The van der Waals surface area contributed by atoms with Crippen molar-refractivity contribution in [1.82, 2.24) is 19.8 Å². The van der Waals surface area contributed by atoms with Crippen LogP contribution >= 0.6 is 11.6 Å². The number of allylic oxidation sites excluding steroid dienone is 1. The van der Waals surface area contributed by atoms with Crippen LogP contribution in [0, 0.1) is 0 Å². The third kappa shape index (κ3) is 6.43. The molecule has 7 nitrogen and oxygen atoms in total. The van der Waals surface area contributed by atoms with Gasteiger partial charge in [-0.15, -0.1) is 0 Å². The van der Waals surface area contributed by atoms with Crippen LogP contribution in [-0.4, -0.2) is 51.4 Å². The van der Waals surface area contributed by atoms with E-state index < -0.39 is 0 Å². The highest BCUT2D eigenvalue weighted by Gasteiger charge is 2.26. The van der Waals surface area contributed by atoms with Crippen molar-refractivity contribution in [3.63, 3.8) is 0 Å². The second-order valence-electron chi connectivity index (χ2n) is 10.3. The topological polar surface area (TPSA) is 78.5 Å². The lowest BCUT2D eigenvalue weighted by molar-refractivity contribution is -0.132. The van der Waals surface area contributed by atoms with Gasteiger partial charge in [-0.3, -0.25) is 19.5 Å². The lowest BCUT2D eigenvalue weighted by Gasteiger charge is -2.38. The van der Waals surface area contributed by atoms with Crippen LogP contribution in [0.15, 0.2) is 53.6 Å². The summed E-state index contributed by atoms with van der Waals surface area (Å²) in [5.74, 6) is 0.710. The van der Waals surface area contributed by atoms with Crippen molar-refractivity contribution in [1.29, 1.82) is 0 Å². The Bertz CT molecular complexity index is 1420. The van der Waals surface area contributed by atoms with Gasteiger partial charge in [-0.2, -0.15) is 0 Å². The number of rotatable bonds is 8. The van der Waals surface area contributed by atoms with E-state index in [9.17, 15) is 9.59 Å². The molecule has 1 N–H and O–H groups in total. The number of aryl methyl sites for hydroxylation is 1. The van der Waals surface area contributed by atoms with E-state index in [1.807, 2.05) is 11.0 Å². The molecule has 204 valence electrons. The number of benzene rings is 1. The molecule has 1 aromatic carbocycles. The van der Waals surface area contributed by atoms with Gasteiger partial charge in [0.15, 0.2) is 0 Å². The minimum absolute atomic E-state index is 0.158. The highest BCUT2D eigenvalue weighted by atomic mass is 35.5. The molecular formula is C31H35ClN4O3. The number of amides is 1. The quantitative estimate of drug-likeness (QED) is 0.413. The molecule has 1 atom stereocenters. The summed E-state index contributed by atoms with van der Waals surface area (Å²) in [7, 11) is 0. The number of nitrogens with zero attached hydrogens (tertiary/aromatic N) is 3. The van der Waals surface area contributed by atoms with Crippen LogP contribution in [0.2, 0.25) is 5.02 Å². The minimum atomic E-state index is -0.158. The van der Waals surface area contributed by atoms with Crippen molar-refractivity contribution in [3.05, 3.63) is 92.1 Å². The minimum Gasteiger partial charge on any atom is -0.486 e. The molecule has 0 radical (unpaired) electrons. The summed E-state index contributed by atoms with van der Waals surface area (Å²) in [6.45, 7) is 7.59. The number of likely N-dealkylation sites (N-methyl/N-ethyl adjacent to an activating group) is 1. The van der Waals surface area contributed by atoms with Crippen molar-refractivity contribution in [2.75, 3.05) is 19.6 Å². The zero-order chi connectivity index (χ0) is 27.4. The fourth-order valence-corrected chi connectivity index (χ4v) is 5.91. The van der Waals surface area contributed by atoms with Gasteiger partial charge in [0.05, 0.1) is 16.3 Å². The van der Waals surface area contributed by atoms with Gasteiger partial charge in [0.2, 0.25) is 5.91 Å². The van der Waals surface area contributed by atoms with Crippen molar-refractivity contribution >= 4 is 29.2 Å². The van der Waals surface area contributed by atoms with Crippen LogP contribution in [0.4, 0.5) is 0 Å². The van der Waals surface area contributed by atoms with Crippen LogP contribution in [0.25, 0.3) is 11.6 Å². The summed E-state index contributed by atoms with van der Waals surface area (Å²) in [6, 6.07) is 12.3. The number of halogens is 1. The van der Waals surface area contributed by atoms with Gasteiger partial charge in [0.25, 0.3) is 5.56 Å². The monoisotopic (exact) mass is 546 g/mol. The molecule has 39 heavy (non-hydrogen) atoms. The van der Waals surface area contributed by atoms with Crippen LogP contribution < -0.4 is 10.3 Å². The van der Waals surface area contributed by atoms with Gasteiger partial charge < -0.3 is 14.6 Å². The number of pyridine rings is 2. The SMILES string of the molecule is CCN(C(C)=O)C1CCCN(Cc2ccc3c(c2)CCC(c2c(OCc4ccc(Cl)cn4)cc[nH]c2=O)=C3)C1. The number of carbonyl (C=O) groups excluding carboxylic acids is 1. The molecule has 2 aliphatic rings. The van der Waals surface area contributed by atoms with E-state index in [1.165, 1.54) is 11.1 Å². The molecule has 2 aromatic heterocycles. The standard InChI is InChI=1S/C31H35ClN4O3/c1-3-36(21(2)37)28-5-4-14-35(19-28)18-22-6-7-24-16-25(9-8-23(24)15-22)30-29(12-13-33-31(30)38)39-20-27-11-10-26(32)17-34-27/h6-7,10-13,15-17,28H,3-5,8-9,14,18-20H2,1-2H3,(H,33,38). The van der Waals surface area contributed by atoms with Crippen molar-refractivity contribution in [2.45, 2.75) is 58.7 Å². The lowest BCUT2D eigenvalue weighted by atomic mass is 9.87. The van der Waals surface area contributed by atoms with Crippen LogP contribution in [0.3, 0.4) is 0 Å². The highest BCUT2D eigenvalue weighted by molar-refractivity contribution is 6.30. The molecule has 1 unspecified atom stereocenters. The maximum absolute atomic E-state index is 12.9. The Morgan fingerprint density at radius 3 is 2.87 bits per heavy atom. The zero-order valence-corrected chi connectivity index (χ0v) is 23.3. The summed E-state index contributed by atoms with van der Waals surface area (Å²) >= 11 is 5.94. The van der Waals surface area contributed by atoms with Crippen molar-refractivity contribution in [3.8, 4) is 5.75 Å². The van der Waals surface area contributed by atoms with Crippen LogP contribution in [-0.2, 0) is 24.4 Å². The van der Waals surface area contributed by atoms with Gasteiger partial charge in [-0.05, 0) is 79.6 Å². The molecule has 8 heteroatoms. The predicted octanol–water partition coefficient (Wildman–Crippen LogP) is 5.32. The van der Waals surface area contributed by atoms with E-state index in [2.05, 4.69) is 46.1 Å². The first-order valence-electron chi connectivity index (χ1n) is 13.7. The van der Waals surface area contributed by atoms with Gasteiger partial charge >= 0.3 is 0 Å². The maximum Gasteiger partial charge on any atom is 0.259 e. The molecule has 1 aliphatic heterocycles. The first-order valence-corrected chi connectivity index (χ1v) is 14.1. The van der Waals surface area contributed by atoms with Gasteiger partial charge in [0, 0.05) is 45.0 Å². The maximum atomic E-state index is 12.9. The lowest BCUT2D eigenvalue weighted by Crippen LogP contribution is -2.49. The Labute approximate surface area is 234 Å². The second-order valence-corrected chi connectivity index (χ2v) is 10.8. The number of nitrogens with one attached hydrogen (secondary N) is 1. The van der Waals surface area contributed by atoms with Crippen molar-refractivity contribution in [2.24, 2.45) is 0 Å². The predicted molar refractivity (Wildman–Crippen MR) is 155 cm³/mol. The number of hydrogen-bond acceptors (Lipinski definition) is 5. The normalized spacial score (nSPS) is 17.3. The smallest absolute Gasteiger partial charge is 0.259 e. The largest absolute Gasteiger partial charge is 0.486 e. The number of fused-ring (bicyclic) bond motifs is 1. The fourth-order valence-electron chi connectivity index (χ4n) is 5.79. The summed E-state index contributed by atoms with van der Waals surface area (Å²) in [5, 5.41) is 0.570. The van der Waals surface area contributed by atoms with E-state index in [1.54, 1.807) is 31.5 Å². The van der Waals surface area contributed by atoms with Gasteiger partial charge in [-0.25, -0.2) is 0 Å². The molecule has 0 spiro atoms. The molecule has 1 aliphatic carbocycles. The highest BCUT2D eigenvalue weighted by Crippen LogP contribution is 2.34. The van der Waals surface area contributed by atoms with E-state index >= 15 is 0 Å². The Kier molecular flexibility index (Phi) is 8.48. The Morgan fingerprint density at radius 1 is 1.23 bits per heavy atom. The molecule has 3 aromatic rings. The number of carbonyl (C=O) groups is 1. The molecule has 1 fully saturated rings. The Balaban J connectivity index is 1.31. The van der Waals surface area contributed by atoms with Crippen molar-refractivity contribution < 1.29 is 9.53 Å². The first-order chi connectivity index (χ1) is 18.9. The first kappa shape index (κ1) is 27.2. The van der Waals surface area contributed by atoms with E-state index in [0.29, 0.717) is 22.4 Å². The third-order valence-electron chi connectivity index (χ3n) is 7.68. The number of H-pyrrole nitrogens is 1. The van der Waals surface area contributed by atoms with Crippen LogP contribution in [0.5, 0.6) is 5.75 Å². The molecule has 5 rings (SSSR count). The molecule has 1 amide bonds. The van der Waals surface area contributed by atoms with E-state index in [0.717, 1.165) is 68.7 Å². The average Bonchev–Trinajstić information content (AvgIpc) is 2.93. The summed E-state index contributed by atoms with van der Waals surface area (Å²) in [5.41, 5.74) is 5.85. The number of likely N-dealkylation sites (tertiary alicyclic amines) is 1. The fraction of sp³-hybridized carbons (Fsp3) is 0.387. The number of aromatic nitrogens is 2. The zero-order valence-electron chi connectivity index (χ0n) is 22.6.